The summed E-state index contributed by atoms with van der Waals surface area (Å²) in [5.74, 6) is 0. The van der Waals surface area contributed by atoms with Crippen LogP contribution in [0.4, 0.5) is 0 Å². The van der Waals surface area contributed by atoms with Crippen molar-refractivity contribution in [2.24, 2.45) is 0 Å². The average Bonchev–Trinajstić information content (AvgIpc) is 1.00. The Bertz CT molecular complexity index is 15.5. The Morgan fingerprint density at radius 2 is 1.40 bits per heavy atom. The summed E-state index contributed by atoms with van der Waals surface area (Å²) < 4.78 is 0. The number of hydrogen-bond acceptors (Lipinski definition) is 1. The molecule has 0 aliphatic carbocycles. The van der Waals surface area contributed by atoms with Crippen molar-refractivity contribution in [3.8, 4) is 0 Å². The molecule has 0 aromatic heterocycles. The van der Waals surface area contributed by atoms with Gasteiger partial charge in [-0.25, -0.2) is 0 Å². The SMILES string of the molecule is C=O.[H-].[Li+].[Mn].[Ni]. The van der Waals surface area contributed by atoms with Gasteiger partial charge in [0.15, 0.2) is 0 Å². The van der Waals surface area contributed by atoms with Crippen molar-refractivity contribution in [3.63, 3.8) is 0 Å². The van der Waals surface area contributed by atoms with E-state index in [0.29, 0.717) is 0 Å². The van der Waals surface area contributed by atoms with Gasteiger partial charge < -0.3 is 6.22 Å². The summed E-state index contributed by atoms with van der Waals surface area (Å²) in [7, 11) is 0. The van der Waals surface area contributed by atoms with Gasteiger partial charge in [0.05, 0.1) is 0 Å². The molecule has 4 heteroatoms. The van der Waals surface area contributed by atoms with Crippen molar-refractivity contribution in [2.75, 3.05) is 0 Å². The molecule has 1 nitrogen and oxygen atoms in total. The molecule has 0 amide bonds. The number of hydrogen-bond donors (Lipinski definition) is 0. The van der Waals surface area contributed by atoms with E-state index >= 15 is 0 Å². The fraction of sp³-hybridized carbons (Fsp3) is 0. The number of carbonyl (C=O) groups is 1. The molecular formula is CH3LiMnNiO. The van der Waals surface area contributed by atoms with E-state index in [4.69, 9.17) is 4.79 Å². The van der Waals surface area contributed by atoms with Crippen LogP contribution in [0.1, 0.15) is 1.43 Å². The van der Waals surface area contributed by atoms with Crippen LogP contribution in [0.2, 0.25) is 0 Å². The van der Waals surface area contributed by atoms with E-state index < -0.39 is 0 Å². The van der Waals surface area contributed by atoms with Gasteiger partial charge in [0.2, 0.25) is 0 Å². The van der Waals surface area contributed by atoms with E-state index in [1.807, 2.05) is 6.79 Å². The van der Waals surface area contributed by atoms with E-state index in [0.717, 1.165) is 0 Å². The Labute approximate surface area is 65.3 Å². The zero-order valence-electron chi connectivity index (χ0n) is 3.81. The fourth-order valence-electron chi connectivity index (χ4n) is 0. The molecule has 0 aliphatic heterocycles. The van der Waals surface area contributed by atoms with Crippen molar-refractivity contribution in [2.45, 2.75) is 0 Å². The zero-order chi connectivity index (χ0) is 2.00. The molecule has 0 bridgehead atoms. The molecule has 0 N–H and O–H groups in total. The first-order valence-electron chi connectivity index (χ1n) is 0.289. The third-order valence-corrected chi connectivity index (χ3v) is 0. The Kier molecular flexibility index (Phi) is 397. The molecule has 0 rings (SSSR count). The maximum Gasteiger partial charge on any atom is 1.00 e. The summed E-state index contributed by atoms with van der Waals surface area (Å²) >= 11 is 0. The predicted octanol–water partition coefficient (Wildman–Crippen LogP) is -3.07. The van der Waals surface area contributed by atoms with E-state index in [9.17, 15) is 0 Å². The monoisotopic (exact) mass is 151 g/mol. The molecule has 0 spiro atoms. The molecule has 0 saturated heterocycles. The minimum atomic E-state index is 0. The largest absolute Gasteiger partial charge is 1.00 e. The van der Waals surface area contributed by atoms with Gasteiger partial charge in [-0.1, -0.05) is 0 Å². The molecule has 5 heavy (non-hydrogen) atoms. The normalized spacial score (nSPS) is 0.800. The van der Waals surface area contributed by atoms with Crippen molar-refractivity contribution in [1.82, 2.24) is 0 Å². The Morgan fingerprint density at radius 1 is 1.40 bits per heavy atom. The second-order valence-corrected chi connectivity index (χ2v) is 0. The molecule has 0 aromatic carbocycles. The summed E-state index contributed by atoms with van der Waals surface area (Å²) in [6.45, 7) is 2.00. The maximum absolute atomic E-state index is 8.00. The third-order valence-electron chi connectivity index (χ3n) is 0. The van der Waals surface area contributed by atoms with Crippen LogP contribution in [-0.2, 0) is 38.4 Å². The fourth-order valence-corrected chi connectivity index (χ4v) is 0. The van der Waals surface area contributed by atoms with Crippen LogP contribution in [0.5, 0.6) is 0 Å². The molecule has 0 saturated carbocycles. The summed E-state index contributed by atoms with van der Waals surface area (Å²) in [5.41, 5.74) is 0. The average molecular weight is 152 g/mol. The van der Waals surface area contributed by atoms with Gasteiger partial charge in [0.1, 0.15) is 6.79 Å². The van der Waals surface area contributed by atoms with Crippen LogP contribution in [0, 0.1) is 0 Å². The smallest absolute Gasteiger partial charge is 1.00 e. The Morgan fingerprint density at radius 3 is 1.40 bits per heavy atom. The first kappa shape index (κ1) is 33.7. The van der Waals surface area contributed by atoms with E-state index in [1.165, 1.54) is 0 Å². The molecule has 0 fully saturated rings. The minimum absolute atomic E-state index is 0. The van der Waals surface area contributed by atoms with Crippen LogP contribution in [0.3, 0.4) is 0 Å². The molecule has 0 aliphatic rings. The third kappa shape index (κ3) is 34.7. The molecule has 0 aromatic rings. The Balaban J connectivity index is -0.000000000833. The number of carbonyl (C=O) groups excluding carboxylic acids is 1. The van der Waals surface area contributed by atoms with Gasteiger partial charge in [-0.2, -0.15) is 0 Å². The second kappa shape index (κ2) is 59.0. The summed E-state index contributed by atoms with van der Waals surface area (Å²) in [4.78, 5) is 8.00. The molecule has 0 unspecified atom stereocenters. The summed E-state index contributed by atoms with van der Waals surface area (Å²) in [5, 5.41) is 0. The number of rotatable bonds is 0. The van der Waals surface area contributed by atoms with E-state index in [2.05, 4.69) is 0 Å². The standard InChI is InChI=1S/CH2O.Li.Mn.Ni.H/c1-2;;;;/h1H2;;;;/q;+1;;;-1. The van der Waals surface area contributed by atoms with Crippen molar-refractivity contribution in [3.05, 3.63) is 0 Å². The predicted molar refractivity (Wildman–Crippen MR) is 8.23 cm³/mol. The topological polar surface area (TPSA) is 17.1 Å². The minimum Gasteiger partial charge on any atom is -1.00 e. The van der Waals surface area contributed by atoms with Crippen LogP contribution in [0.25, 0.3) is 0 Å². The van der Waals surface area contributed by atoms with Crippen molar-refractivity contribution < 1.29 is 58.6 Å². The molecular weight excluding hydrogens is 149 g/mol. The van der Waals surface area contributed by atoms with Crippen LogP contribution < -0.4 is 18.9 Å². The quantitative estimate of drug-likeness (QED) is 0.336. The van der Waals surface area contributed by atoms with Gasteiger partial charge in [0.25, 0.3) is 0 Å². The van der Waals surface area contributed by atoms with Crippen molar-refractivity contribution >= 4 is 6.79 Å². The van der Waals surface area contributed by atoms with Gasteiger partial charge in [-0.15, -0.1) is 0 Å². The molecule has 0 heterocycles. The first-order chi connectivity index (χ1) is 1.00. The van der Waals surface area contributed by atoms with E-state index in [1.54, 1.807) is 0 Å². The van der Waals surface area contributed by atoms with E-state index in [-0.39, 0.29) is 53.8 Å². The zero-order valence-corrected chi connectivity index (χ0v) is 4.98. The van der Waals surface area contributed by atoms with Gasteiger partial charge in [-0.05, 0) is 0 Å². The van der Waals surface area contributed by atoms with Crippen LogP contribution in [-0.4, -0.2) is 6.79 Å². The Hall–Kier alpha value is 1.28. The van der Waals surface area contributed by atoms with Crippen LogP contribution >= 0.6 is 0 Å². The van der Waals surface area contributed by atoms with Crippen molar-refractivity contribution in [1.29, 1.82) is 0 Å². The first-order valence-corrected chi connectivity index (χ1v) is 0.289. The summed E-state index contributed by atoms with van der Waals surface area (Å²) in [6, 6.07) is 0. The molecule has 1 radical (unpaired) electrons. The maximum atomic E-state index is 8.00. The van der Waals surface area contributed by atoms with Gasteiger partial charge >= 0.3 is 18.9 Å². The summed E-state index contributed by atoms with van der Waals surface area (Å²) in [6.07, 6.45) is 0. The molecule has 0 atom stereocenters. The van der Waals surface area contributed by atoms with Crippen LogP contribution in [0.15, 0.2) is 0 Å². The van der Waals surface area contributed by atoms with Gasteiger partial charge in [0, 0.05) is 33.6 Å². The molecule has 31 valence electrons. The van der Waals surface area contributed by atoms with Gasteiger partial charge in [-0.3, -0.25) is 0 Å². The second-order valence-electron chi connectivity index (χ2n) is 0.